The van der Waals surface area contributed by atoms with Gasteiger partial charge in [-0.2, -0.15) is 0 Å². The van der Waals surface area contributed by atoms with Gasteiger partial charge in [-0.25, -0.2) is 0 Å². The Balaban J connectivity index is 2.52. The van der Waals surface area contributed by atoms with Crippen LogP contribution in [0.2, 0.25) is 0 Å². The van der Waals surface area contributed by atoms with Crippen LogP contribution in [0.25, 0.3) is 0 Å². The monoisotopic (exact) mass is 277 g/mol. The molecule has 0 atom stereocenters. The normalized spacial score (nSPS) is 10.6. The molecular weight excluding hydrogens is 250 g/mol. The summed E-state index contributed by atoms with van der Waals surface area (Å²) in [4.78, 5) is 12.0. The van der Waals surface area contributed by atoms with E-state index in [1.807, 2.05) is 0 Å². The minimum Gasteiger partial charge on any atom is -0.361 e. The van der Waals surface area contributed by atoms with Gasteiger partial charge in [-0.1, -0.05) is 45.4 Å². The van der Waals surface area contributed by atoms with E-state index in [2.05, 4.69) is 44.3 Å². The SMILES string of the molecule is CCCCOCNC(=O)Cc1c(CC)cccc1CC. The van der Waals surface area contributed by atoms with Crippen LogP contribution in [-0.4, -0.2) is 19.2 Å². The molecule has 0 aliphatic heterocycles. The Kier molecular flexibility index (Phi) is 7.97. The van der Waals surface area contributed by atoms with E-state index in [0.29, 0.717) is 19.8 Å². The summed E-state index contributed by atoms with van der Waals surface area (Å²) in [5.41, 5.74) is 3.72. The second-order valence-electron chi connectivity index (χ2n) is 4.94. The number of ether oxygens (including phenoxy) is 1. The Hall–Kier alpha value is -1.35. The first kappa shape index (κ1) is 16.7. The van der Waals surface area contributed by atoms with Gasteiger partial charge in [0, 0.05) is 6.61 Å². The molecule has 0 aromatic heterocycles. The summed E-state index contributed by atoms with van der Waals surface area (Å²) < 4.78 is 5.36. The first-order valence-electron chi connectivity index (χ1n) is 7.66. The molecule has 112 valence electrons. The average Bonchev–Trinajstić information content (AvgIpc) is 2.47. The van der Waals surface area contributed by atoms with Crippen LogP contribution in [0.3, 0.4) is 0 Å². The van der Waals surface area contributed by atoms with Gasteiger partial charge in [-0.05, 0) is 36.0 Å². The molecule has 0 saturated heterocycles. The zero-order valence-electron chi connectivity index (χ0n) is 13.0. The summed E-state index contributed by atoms with van der Waals surface area (Å²) in [5, 5.41) is 2.83. The van der Waals surface area contributed by atoms with Gasteiger partial charge in [0.2, 0.25) is 5.91 Å². The first-order valence-corrected chi connectivity index (χ1v) is 7.66. The Morgan fingerprint density at radius 3 is 2.35 bits per heavy atom. The van der Waals surface area contributed by atoms with Crippen LogP contribution in [-0.2, 0) is 28.8 Å². The Bertz CT molecular complexity index is 393. The molecule has 1 rings (SSSR count). The Morgan fingerprint density at radius 1 is 1.15 bits per heavy atom. The third-order valence-electron chi connectivity index (χ3n) is 3.48. The van der Waals surface area contributed by atoms with Gasteiger partial charge in [0.15, 0.2) is 0 Å². The largest absolute Gasteiger partial charge is 0.361 e. The summed E-state index contributed by atoms with van der Waals surface area (Å²) in [7, 11) is 0. The molecule has 0 fully saturated rings. The third-order valence-corrected chi connectivity index (χ3v) is 3.48. The molecule has 1 amide bonds. The number of rotatable bonds is 9. The van der Waals surface area contributed by atoms with Crippen molar-refractivity contribution in [2.45, 2.75) is 52.9 Å². The fourth-order valence-corrected chi connectivity index (χ4v) is 2.25. The maximum Gasteiger partial charge on any atom is 0.226 e. The standard InChI is InChI=1S/C17H27NO2/c1-4-7-11-20-13-18-17(19)12-16-14(5-2)9-8-10-15(16)6-3/h8-10H,4-7,11-13H2,1-3H3,(H,18,19). The van der Waals surface area contributed by atoms with Crippen molar-refractivity contribution in [3.63, 3.8) is 0 Å². The molecule has 0 radical (unpaired) electrons. The number of carbonyl (C=O) groups excluding carboxylic acids is 1. The van der Waals surface area contributed by atoms with E-state index in [4.69, 9.17) is 4.74 Å². The van der Waals surface area contributed by atoms with Gasteiger partial charge in [-0.3, -0.25) is 4.79 Å². The predicted molar refractivity (Wildman–Crippen MR) is 82.8 cm³/mol. The van der Waals surface area contributed by atoms with Crippen molar-refractivity contribution in [2.24, 2.45) is 0 Å². The predicted octanol–water partition coefficient (Wildman–Crippen LogP) is 3.24. The van der Waals surface area contributed by atoms with Crippen molar-refractivity contribution in [1.82, 2.24) is 5.32 Å². The lowest BCUT2D eigenvalue weighted by molar-refractivity contribution is -0.122. The van der Waals surface area contributed by atoms with E-state index in [0.717, 1.165) is 25.7 Å². The maximum absolute atomic E-state index is 12.0. The van der Waals surface area contributed by atoms with Gasteiger partial charge < -0.3 is 10.1 Å². The summed E-state index contributed by atoms with van der Waals surface area (Å²) in [6.45, 7) is 7.40. The van der Waals surface area contributed by atoms with E-state index in [-0.39, 0.29) is 5.91 Å². The molecule has 0 heterocycles. The van der Waals surface area contributed by atoms with Crippen LogP contribution in [0.5, 0.6) is 0 Å². The van der Waals surface area contributed by atoms with E-state index < -0.39 is 0 Å². The van der Waals surface area contributed by atoms with E-state index in [1.54, 1.807) is 0 Å². The lowest BCUT2D eigenvalue weighted by Crippen LogP contribution is -2.28. The van der Waals surface area contributed by atoms with Gasteiger partial charge in [-0.15, -0.1) is 0 Å². The molecule has 1 aromatic carbocycles. The van der Waals surface area contributed by atoms with Gasteiger partial charge in [0.1, 0.15) is 6.73 Å². The van der Waals surface area contributed by atoms with Crippen LogP contribution in [0, 0.1) is 0 Å². The molecule has 1 aromatic rings. The topological polar surface area (TPSA) is 38.3 Å². The van der Waals surface area contributed by atoms with Gasteiger partial charge in [0.05, 0.1) is 6.42 Å². The van der Waals surface area contributed by atoms with Crippen LogP contribution in [0.1, 0.15) is 50.3 Å². The van der Waals surface area contributed by atoms with Gasteiger partial charge >= 0.3 is 0 Å². The maximum atomic E-state index is 12.0. The minimum atomic E-state index is 0.0390. The highest BCUT2D eigenvalue weighted by Crippen LogP contribution is 2.17. The molecule has 0 spiro atoms. The zero-order valence-corrected chi connectivity index (χ0v) is 13.0. The molecular formula is C17H27NO2. The molecule has 3 nitrogen and oxygen atoms in total. The highest BCUT2D eigenvalue weighted by Gasteiger charge is 2.10. The number of benzene rings is 1. The van der Waals surface area contributed by atoms with Crippen molar-refractivity contribution >= 4 is 5.91 Å². The van der Waals surface area contributed by atoms with Crippen molar-refractivity contribution in [3.8, 4) is 0 Å². The van der Waals surface area contributed by atoms with E-state index in [1.165, 1.54) is 16.7 Å². The number of carbonyl (C=O) groups is 1. The molecule has 1 N–H and O–H groups in total. The molecule has 0 saturated carbocycles. The molecule has 0 unspecified atom stereocenters. The lowest BCUT2D eigenvalue weighted by Gasteiger charge is -2.13. The minimum absolute atomic E-state index is 0.0390. The van der Waals surface area contributed by atoms with E-state index >= 15 is 0 Å². The zero-order chi connectivity index (χ0) is 14.8. The first-order chi connectivity index (χ1) is 9.72. The Morgan fingerprint density at radius 2 is 1.80 bits per heavy atom. The summed E-state index contributed by atoms with van der Waals surface area (Å²) >= 11 is 0. The summed E-state index contributed by atoms with van der Waals surface area (Å²) in [6.07, 6.45) is 4.52. The quantitative estimate of drug-likeness (QED) is 0.556. The fourth-order valence-electron chi connectivity index (χ4n) is 2.25. The molecule has 0 bridgehead atoms. The number of hydrogen-bond acceptors (Lipinski definition) is 2. The van der Waals surface area contributed by atoms with E-state index in [9.17, 15) is 4.79 Å². The van der Waals surface area contributed by atoms with Gasteiger partial charge in [0.25, 0.3) is 0 Å². The highest BCUT2D eigenvalue weighted by molar-refractivity contribution is 5.79. The molecule has 0 aliphatic carbocycles. The van der Waals surface area contributed by atoms with Crippen LogP contribution >= 0.6 is 0 Å². The molecule has 20 heavy (non-hydrogen) atoms. The highest BCUT2D eigenvalue weighted by atomic mass is 16.5. The van der Waals surface area contributed by atoms with Crippen LogP contribution < -0.4 is 5.32 Å². The second kappa shape index (κ2) is 9.54. The molecule has 3 heteroatoms. The number of aryl methyl sites for hydroxylation is 2. The molecule has 0 aliphatic rings. The van der Waals surface area contributed by atoms with Crippen molar-refractivity contribution in [1.29, 1.82) is 0 Å². The summed E-state index contributed by atoms with van der Waals surface area (Å²) in [6, 6.07) is 6.30. The number of unbranched alkanes of at least 4 members (excludes halogenated alkanes) is 1. The third kappa shape index (κ3) is 5.33. The van der Waals surface area contributed by atoms with Crippen molar-refractivity contribution in [2.75, 3.05) is 13.3 Å². The Labute approximate surface area is 122 Å². The number of nitrogens with one attached hydrogen (secondary N) is 1. The van der Waals surface area contributed by atoms with Crippen molar-refractivity contribution in [3.05, 3.63) is 34.9 Å². The smallest absolute Gasteiger partial charge is 0.226 e. The van der Waals surface area contributed by atoms with Crippen molar-refractivity contribution < 1.29 is 9.53 Å². The second-order valence-corrected chi connectivity index (χ2v) is 4.94. The fraction of sp³-hybridized carbons (Fsp3) is 0.588. The number of amides is 1. The summed E-state index contributed by atoms with van der Waals surface area (Å²) in [5.74, 6) is 0.0390. The average molecular weight is 277 g/mol. The number of hydrogen-bond donors (Lipinski definition) is 1. The van der Waals surface area contributed by atoms with Crippen LogP contribution in [0.4, 0.5) is 0 Å². The van der Waals surface area contributed by atoms with Crippen LogP contribution in [0.15, 0.2) is 18.2 Å². The lowest BCUT2D eigenvalue weighted by atomic mass is 9.95.